The van der Waals surface area contributed by atoms with Gasteiger partial charge in [-0.3, -0.25) is 4.79 Å². The number of ether oxygens (including phenoxy) is 2. The fourth-order valence-corrected chi connectivity index (χ4v) is 3.18. The zero-order valence-corrected chi connectivity index (χ0v) is 14.0. The molecule has 122 valence electrons. The van der Waals surface area contributed by atoms with Gasteiger partial charge in [-0.05, 0) is 48.4 Å². The molecule has 1 heterocycles. The van der Waals surface area contributed by atoms with Crippen molar-refractivity contribution in [2.24, 2.45) is 0 Å². The van der Waals surface area contributed by atoms with Crippen molar-refractivity contribution in [3.05, 3.63) is 23.8 Å². The van der Waals surface area contributed by atoms with E-state index in [1.165, 1.54) is 11.8 Å². The molecule has 0 bridgehead atoms. The van der Waals surface area contributed by atoms with Gasteiger partial charge in [-0.1, -0.05) is 11.8 Å². The maximum atomic E-state index is 12.6. The topological polar surface area (TPSA) is 79.1 Å². The molecule has 0 saturated heterocycles. The highest BCUT2D eigenvalue weighted by molar-refractivity contribution is 8.00. The quantitative estimate of drug-likeness (QED) is 0.568. The van der Waals surface area contributed by atoms with Gasteiger partial charge in [-0.25, -0.2) is 4.68 Å². The van der Waals surface area contributed by atoms with Gasteiger partial charge in [0.15, 0.2) is 17.3 Å². The highest BCUT2D eigenvalue weighted by atomic mass is 32.2. The second-order valence-electron chi connectivity index (χ2n) is 5.33. The van der Waals surface area contributed by atoms with Crippen LogP contribution in [0.15, 0.2) is 23.4 Å². The van der Waals surface area contributed by atoms with Gasteiger partial charge < -0.3 is 9.47 Å². The van der Waals surface area contributed by atoms with Crippen LogP contribution in [0.3, 0.4) is 0 Å². The van der Waals surface area contributed by atoms with Crippen LogP contribution in [0.5, 0.6) is 11.5 Å². The number of rotatable bonds is 7. The summed E-state index contributed by atoms with van der Waals surface area (Å²) in [6, 6.07) is 5.56. The molecule has 0 aliphatic heterocycles. The molecule has 0 amide bonds. The Morgan fingerprint density at radius 3 is 2.70 bits per heavy atom. The number of aromatic nitrogens is 4. The average Bonchev–Trinajstić information content (AvgIpc) is 3.33. The summed E-state index contributed by atoms with van der Waals surface area (Å²) >= 11 is 1.38. The van der Waals surface area contributed by atoms with Crippen molar-refractivity contribution in [2.45, 2.75) is 36.2 Å². The van der Waals surface area contributed by atoms with Crippen molar-refractivity contribution in [3.63, 3.8) is 0 Å². The van der Waals surface area contributed by atoms with E-state index in [-0.39, 0.29) is 11.0 Å². The van der Waals surface area contributed by atoms with E-state index in [2.05, 4.69) is 15.5 Å². The molecule has 1 saturated carbocycles. The average molecular weight is 334 g/mol. The molecule has 1 fully saturated rings. The molecule has 1 aromatic heterocycles. The summed E-state index contributed by atoms with van der Waals surface area (Å²) < 4.78 is 12.3. The molecule has 0 N–H and O–H groups in total. The number of ketones is 1. The summed E-state index contributed by atoms with van der Waals surface area (Å²) in [5.41, 5.74) is 0.577. The van der Waals surface area contributed by atoms with E-state index in [1.807, 2.05) is 11.6 Å². The Kier molecular flexibility index (Phi) is 4.51. The standard InChI is InChI=1S/C15H18N4O3S/c1-9(23-15-16-17-18-19(15)11-5-6-11)14(20)10-4-7-12(21-2)13(8-10)22-3/h4,7-9,11H,5-6H2,1-3H3/t9-/m0/s1. The van der Waals surface area contributed by atoms with Crippen LogP contribution < -0.4 is 9.47 Å². The summed E-state index contributed by atoms with van der Waals surface area (Å²) in [5.74, 6) is 1.14. The number of nitrogens with zero attached hydrogens (tertiary/aromatic N) is 4. The highest BCUT2D eigenvalue weighted by Crippen LogP contribution is 2.37. The number of methoxy groups -OCH3 is 2. The van der Waals surface area contributed by atoms with Crippen LogP contribution in [-0.2, 0) is 0 Å². The number of Topliss-reactive ketones (excluding diaryl/α,β-unsaturated/α-hetero) is 1. The molecule has 0 radical (unpaired) electrons. The minimum Gasteiger partial charge on any atom is -0.493 e. The summed E-state index contributed by atoms with van der Waals surface area (Å²) in [4.78, 5) is 12.6. The molecule has 1 atom stereocenters. The van der Waals surface area contributed by atoms with Gasteiger partial charge in [0.2, 0.25) is 5.16 Å². The Balaban J connectivity index is 1.75. The van der Waals surface area contributed by atoms with Crippen LogP contribution in [0.2, 0.25) is 0 Å². The SMILES string of the molecule is COc1ccc(C(=O)[C@H](C)Sc2nnnn2C2CC2)cc1OC. The first-order chi connectivity index (χ1) is 11.1. The van der Waals surface area contributed by atoms with E-state index >= 15 is 0 Å². The lowest BCUT2D eigenvalue weighted by atomic mass is 10.1. The van der Waals surface area contributed by atoms with Gasteiger partial charge in [0.05, 0.1) is 25.5 Å². The van der Waals surface area contributed by atoms with Crippen LogP contribution >= 0.6 is 11.8 Å². The first-order valence-corrected chi connectivity index (χ1v) is 8.22. The van der Waals surface area contributed by atoms with Gasteiger partial charge >= 0.3 is 0 Å². The van der Waals surface area contributed by atoms with Crippen LogP contribution in [0, 0.1) is 0 Å². The monoisotopic (exact) mass is 334 g/mol. The molecule has 2 aromatic rings. The molecule has 7 nitrogen and oxygen atoms in total. The summed E-state index contributed by atoms with van der Waals surface area (Å²) in [6.07, 6.45) is 2.19. The van der Waals surface area contributed by atoms with Gasteiger partial charge in [-0.2, -0.15) is 0 Å². The Hall–Kier alpha value is -2.09. The largest absolute Gasteiger partial charge is 0.493 e. The van der Waals surface area contributed by atoms with Crippen molar-refractivity contribution < 1.29 is 14.3 Å². The van der Waals surface area contributed by atoms with Gasteiger partial charge in [0.25, 0.3) is 0 Å². The Morgan fingerprint density at radius 1 is 1.30 bits per heavy atom. The maximum absolute atomic E-state index is 12.6. The smallest absolute Gasteiger partial charge is 0.210 e. The number of carbonyl (C=O) groups is 1. The normalized spacial score (nSPS) is 15.3. The molecular formula is C15H18N4O3S. The number of carbonyl (C=O) groups excluding carboxylic acids is 1. The van der Waals surface area contributed by atoms with Crippen LogP contribution in [-0.4, -0.2) is 45.5 Å². The Bertz CT molecular complexity index is 714. The van der Waals surface area contributed by atoms with Crippen molar-refractivity contribution >= 4 is 17.5 Å². The number of tetrazole rings is 1. The molecule has 8 heteroatoms. The molecule has 0 spiro atoms. The van der Waals surface area contributed by atoms with E-state index in [0.717, 1.165) is 12.8 Å². The third-order valence-electron chi connectivity index (χ3n) is 3.67. The van der Waals surface area contributed by atoms with Crippen molar-refractivity contribution in [1.82, 2.24) is 20.2 Å². The van der Waals surface area contributed by atoms with Crippen molar-refractivity contribution in [2.75, 3.05) is 14.2 Å². The van der Waals surface area contributed by atoms with Gasteiger partial charge in [-0.15, -0.1) is 5.10 Å². The zero-order valence-electron chi connectivity index (χ0n) is 13.2. The first-order valence-electron chi connectivity index (χ1n) is 7.34. The Labute approximate surface area is 138 Å². The second-order valence-corrected chi connectivity index (χ2v) is 6.64. The van der Waals surface area contributed by atoms with Crippen molar-refractivity contribution in [1.29, 1.82) is 0 Å². The molecule has 0 unspecified atom stereocenters. The predicted octanol–water partition coefficient (Wildman–Crippen LogP) is 2.39. The van der Waals surface area contributed by atoms with E-state index in [1.54, 1.807) is 32.4 Å². The molecule has 1 aromatic carbocycles. The summed E-state index contributed by atoms with van der Waals surface area (Å²) in [5, 5.41) is 12.1. The summed E-state index contributed by atoms with van der Waals surface area (Å²) in [6.45, 7) is 1.86. The number of hydrogen-bond acceptors (Lipinski definition) is 7. The highest BCUT2D eigenvalue weighted by Gasteiger charge is 2.29. The van der Waals surface area contributed by atoms with Crippen LogP contribution in [0.4, 0.5) is 0 Å². The predicted molar refractivity (Wildman–Crippen MR) is 85.3 cm³/mol. The second kappa shape index (κ2) is 6.57. The van der Waals surface area contributed by atoms with Crippen molar-refractivity contribution in [3.8, 4) is 11.5 Å². The maximum Gasteiger partial charge on any atom is 0.210 e. The first kappa shape index (κ1) is 15.8. The third kappa shape index (κ3) is 3.31. The molecule has 3 rings (SSSR count). The Morgan fingerprint density at radius 2 is 2.04 bits per heavy atom. The number of thioether (sulfide) groups is 1. The summed E-state index contributed by atoms with van der Waals surface area (Å²) in [7, 11) is 3.11. The fourth-order valence-electron chi connectivity index (χ4n) is 2.25. The molecule has 23 heavy (non-hydrogen) atoms. The van der Waals surface area contributed by atoms with Crippen LogP contribution in [0.1, 0.15) is 36.2 Å². The molecule has 1 aliphatic rings. The minimum absolute atomic E-state index is 0.00120. The van der Waals surface area contributed by atoms with E-state index in [0.29, 0.717) is 28.3 Å². The fraction of sp³-hybridized carbons (Fsp3) is 0.467. The van der Waals surface area contributed by atoms with E-state index in [4.69, 9.17) is 9.47 Å². The third-order valence-corrected chi connectivity index (χ3v) is 4.72. The van der Waals surface area contributed by atoms with Crippen LogP contribution in [0.25, 0.3) is 0 Å². The lowest BCUT2D eigenvalue weighted by Gasteiger charge is -2.12. The molecule has 1 aliphatic carbocycles. The van der Waals surface area contributed by atoms with E-state index < -0.39 is 0 Å². The number of benzene rings is 1. The van der Waals surface area contributed by atoms with Gasteiger partial charge in [0.1, 0.15) is 0 Å². The lowest BCUT2D eigenvalue weighted by Crippen LogP contribution is -2.15. The van der Waals surface area contributed by atoms with Gasteiger partial charge in [0, 0.05) is 5.56 Å². The molecular weight excluding hydrogens is 316 g/mol. The number of hydrogen-bond donors (Lipinski definition) is 0. The minimum atomic E-state index is -0.295. The zero-order chi connectivity index (χ0) is 16.4. The lowest BCUT2D eigenvalue weighted by molar-refractivity contribution is 0.0993. The van der Waals surface area contributed by atoms with E-state index in [9.17, 15) is 4.79 Å².